The molecule has 0 fully saturated rings. The van der Waals surface area contributed by atoms with E-state index in [4.69, 9.17) is 0 Å². The summed E-state index contributed by atoms with van der Waals surface area (Å²) >= 11 is 0. The number of nitrogens with zero attached hydrogens (tertiary/aromatic N) is 1. The molecule has 1 nitrogen and oxygen atoms in total. The molecule has 0 aromatic rings. The normalized spacial score (nSPS) is 10.2. The van der Waals surface area contributed by atoms with Gasteiger partial charge in [0.1, 0.15) is 0 Å². The Morgan fingerprint density at radius 3 is 1.62 bits per heavy atom. The van der Waals surface area contributed by atoms with Crippen molar-refractivity contribution in [1.29, 1.82) is 5.26 Å². The highest BCUT2D eigenvalue weighted by atomic mass is 14.4. The van der Waals surface area contributed by atoms with E-state index in [-0.39, 0.29) is 0 Å². The van der Waals surface area contributed by atoms with Gasteiger partial charge in [-0.25, -0.2) is 0 Å². The van der Waals surface area contributed by atoms with Gasteiger partial charge in [0.2, 0.25) is 0 Å². The standard InChI is InChI=1S/C15H23N/c1-12(2)7-9-15(11-16,14(5)6)10-8-13(3)4/h7-8H,5,9-10H2,1-4,6H3. The monoisotopic (exact) mass is 217 g/mol. The van der Waals surface area contributed by atoms with Gasteiger partial charge in [0.15, 0.2) is 0 Å². The SMILES string of the molecule is C=C(C)C(C#N)(CC=C(C)C)CC=C(C)C. The van der Waals surface area contributed by atoms with Crippen LogP contribution in [0.1, 0.15) is 47.5 Å². The lowest BCUT2D eigenvalue weighted by molar-refractivity contribution is 0.487. The fourth-order valence-corrected chi connectivity index (χ4v) is 1.38. The largest absolute Gasteiger partial charge is 0.197 e. The van der Waals surface area contributed by atoms with Crippen molar-refractivity contribution in [2.45, 2.75) is 47.5 Å². The molecule has 0 spiro atoms. The second-order valence-corrected chi connectivity index (χ2v) is 4.95. The lowest BCUT2D eigenvalue weighted by Crippen LogP contribution is -2.18. The average Bonchev–Trinajstić information content (AvgIpc) is 2.17. The molecule has 88 valence electrons. The second-order valence-electron chi connectivity index (χ2n) is 4.95. The van der Waals surface area contributed by atoms with E-state index in [0.717, 1.165) is 18.4 Å². The third-order valence-electron chi connectivity index (χ3n) is 2.75. The summed E-state index contributed by atoms with van der Waals surface area (Å²) in [6, 6.07) is 2.44. The summed E-state index contributed by atoms with van der Waals surface area (Å²) in [5.74, 6) is 0. The van der Waals surface area contributed by atoms with E-state index in [9.17, 15) is 5.26 Å². The average molecular weight is 217 g/mol. The fraction of sp³-hybridized carbons (Fsp3) is 0.533. The van der Waals surface area contributed by atoms with Crippen LogP contribution in [-0.4, -0.2) is 0 Å². The maximum absolute atomic E-state index is 9.40. The molecule has 0 bridgehead atoms. The topological polar surface area (TPSA) is 23.8 Å². The summed E-state index contributed by atoms with van der Waals surface area (Å²) < 4.78 is 0. The van der Waals surface area contributed by atoms with Crippen molar-refractivity contribution >= 4 is 0 Å². The molecule has 0 aliphatic heterocycles. The summed E-state index contributed by atoms with van der Waals surface area (Å²) in [7, 11) is 0. The molecule has 0 radical (unpaired) electrons. The molecule has 0 saturated heterocycles. The van der Waals surface area contributed by atoms with Gasteiger partial charge < -0.3 is 0 Å². The van der Waals surface area contributed by atoms with E-state index < -0.39 is 5.41 Å². The van der Waals surface area contributed by atoms with E-state index in [2.05, 4.69) is 52.5 Å². The van der Waals surface area contributed by atoms with Crippen molar-refractivity contribution < 1.29 is 0 Å². The molecule has 0 heterocycles. The molecule has 0 N–H and O–H groups in total. The number of rotatable bonds is 5. The molecule has 0 aromatic heterocycles. The zero-order valence-electron chi connectivity index (χ0n) is 11.2. The predicted molar refractivity (Wildman–Crippen MR) is 71.0 cm³/mol. The van der Waals surface area contributed by atoms with Gasteiger partial charge in [0.05, 0.1) is 11.5 Å². The van der Waals surface area contributed by atoms with Crippen LogP contribution in [0.3, 0.4) is 0 Å². The minimum atomic E-state index is -0.436. The van der Waals surface area contributed by atoms with Crippen molar-refractivity contribution in [1.82, 2.24) is 0 Å². The molecule has 0 aliphatic rings. The summed E-state index contributed by atoms with van der Waals surface area (Å²) in [6.45, 7) is 14.1. The highest BCUT2D eigenvalue weighted by Crippen LogP contribution is 2.35. The molecular formula is C15H23N. The fourth-order valence-electron chi connectivity index (χ4n) is 1.38. The first-order chi connectivity index (χ1) is 7.34. The van der Waals surface area contributed by atoms with Gasteiger partial charge in [0.25, 0.3) is 0 Å². The van der Waals surface area contributed by atoms with Crippen molar-refractivity contribution in [2.75, 3.05) is 0 Å². The van der Waals surface area contributed by atoms with E-state index in [1.165, 1.54) is 11.1 Å². The second kappa shape index (κ2) is 6.33. The van der Waals surface area contributed by atoms with Gasteiger partial charge in [-0.15, -0.1) is 0 Å². The van der Waals surface area contributed by atoms with Gasteiger partial charge in [-0.3, -0.25) is 0 Å². The van der Waals surface area contributed by atoms with Crippen molar-refractivity contribution in [2.24, 2.45) is 5.41 Å². The Hall–Kier alpha value is -1.29. The maximum atomic E-state index is 9.40. The molecule has 1 heteroatoms. The van der Waals surface area contributed by atoms with Crippen LogP contribution in [0.4, 0.5) is 0 Å². The molecule has 0 saturated carbocycles. The Kier molecular flexibility index (Phi) is 5.82. The minimum Gasteiger partial charge on any atom is -0.197 e. The third kappa shape index (κ3) is 4.49. The zero-order valence-corrected chi connectivity index (χ0v) is 11.2. The molecule has 0 rings (SSSR count). The Labute approximate surface area is 100 Å². The van der Waals surface area contributed by atoms with Crippen LogP contribution in [0.15, 0.2) is 35.5 Å². The number of hydrogen-bond donors (Lipinski definition) is 0. The van der Waals surface area contributed by atoms with Crippen molar-refractivity contribution in [3.63, 3.8) is 0 Å². The van der Waals surface area contributed by atoms with E-state index >= 15 is 0 Å². The van der Waals surface area contributed by atoms with Crippen LogP contribution >= 0.6 is 0 Å². The number of nitriles is 1. The Morgan fingerprint density at radius 2 is 1.44 bits per heavy atom. The van der Waals surface area contributed by atoms with Gasteiger partial charge in [-0.05, 0) is 47.5 Å². The Bertz CT molecular complexity index is 322. The van der Waals surface area contributed by atoms with Gasteiger partial charge >= 0.3 is 0 Å². The number of hydrogen-bond acceptors (Lipinski definition) is 1. The molecular weight excluding hydrogens is 194 g/mol. The first-order valence-corrected chi connectivity index (χ1v) is 5.68. The van der Waals surface area contributed by atoms with Crippen molar-refractivity contribution in [3.8, 4) is 6.07 Å². The van der Waals surface area contributed by atoms with Crippen LogP contribution in [-0.2, 0) is 0 Å². The zero-order chi connectivity index (χ0) is 12.8. The quantitative estimate of drug-likeness (QED) is 0.608. The molecule has 0 aromatic carbocycles. The van der Waals surface area contributed by atoms with Crippen LogP contribution in [0.2, 0.25) is 0 Å². The summed E-state index contributed by atoms with van der Waals surface area (Å²) in [5, 5.41) is 9.40. The van der Waals surface area contributed by atoms with E-state index in [1.54, 1.807) is 0 Å². The Balaban J connectivity index is 5.03. The lowest BCUT2D eigenvalue weighted by Gasteiger charge is -2.24. The van der Waals surface area contributed by atoms with Crippen LogP contribution < -0.4 is 0 Å². The van der Waals surface area contributed by atoms with Gasteiger partial charge in [-0.1, -0.05) is 35.5 Å². The lowest BCUT2D eigenvalue weighted by atomic mass is 9.76. The predicted octanol–water partition coefficient (Wildman–Crippen LogP) is 4.79. The van der Waals surface area contributed by atoms with Crippen LogP contribution in [0.25, 0.3) is 0 Å². The summed E-state index contributed by atoms with van der Waals surface area (Å²) in [6.07, 6.45) is 5.75. The summed E-state index contributed by atoms with van der Waals surface area (Å²) in [4.78, 5) is 0. The smallest absolute Gasteiger partial charge is 0.0846 e. The van der Waals surface area contributed by atoms with Crippen molar-refractivity contribution in [3.05, 3.63) is 35.5 Å². The van der Waals surface area contributed by atoms with Gasteiger partial charge in [0, 0.05) is 0 Å². The summed E-state index contributed by atoms with van der Waals surface area (Å²) in [5.41, 5.74) is 3.01. The molecule has 0 atom stereocenters. The highest BCUT2D eigenvalue weighted by molar-refractivity contribution is 5.24. The van der Waals surface area contributed by atoms with E-state index in [1.807, 2.05) is 6.92 Å². The molecule has 0 amide bonds. The first-order valence-electron chi connectivity index (χ1n) is 5.68. The van der Waals surface area contributed by atoms with Gasteiger partial charge in [-0.2, -0.15) is 5.26 Å². The highest BCUT2D eigenvalue weighted by Gasteiger charge is 2.28. The molecule has 0 unspecified atom stereocenters. The maximum Gasteiger partial charge on any atom is 0.0846 e. The third-order valence-corrected chi connectivity index (χ3v) is 2.75. The number of allylic oxidation sites excluding steroid dienone is 5. The van der Waals surface area contributed by atoms with Crippen LogP contribution in [0, 0.1) is 16.7 Å². The van der Waals surface area contributed by atoms with E-state index in [0.29, 0.717) is 0 Å². The molecule has 0 aliphatic carbocycles. The minimum absolute atomic E-state index is 0.436. The Morgan fingerprint density at radius 1 is 1.06 bits per heavy atom. The first kappa shape index (κ1) is 14.7. The van der Waals surface area contributed by atoms with Crippen LogP contribution in [0.5, 0.6) is 0 Å². The molecule has 16 heavy (non-hydrogen) atoms.